The number of rotatable bonds is 3. The second kappa shape index (κ2) is 9.83. The molecule has 0 unspecified atom stereocenters. The standard InChI is InChI=1S/C29H29ClFN7O4/c1-6-19(40)35-10-11-36-16(13-35)14-42-24-21-25(36)34-28(41)37(27-15(2)12-32-38(27)29(3,4)5)26(21)33-23(22(24)30)20-17(31)8-7-9-18(20)39/h6-9,12,16,39H,1,10-11,13-14H2,2-5H3/t16-/m1/s1. The van der Waals surface area contributed by atoms with Crippen molar-refractivity contribution in [3.05, 3.63) is 63.9 Å². The van der Waals surface area contributed by atoms with Crippen molar-refractivity contribution >= 4 is 34.4 Å². The Labute approximate surface area is 245 Å². The highest BCUT2D eigenvalue weighted by Crippen LogP contribution is 2.47. The van der Waals surface area contributed by atoms with Crippen molar-refractivity contribution < 1.29 is 19.0 Å². The number of hydrogen-bond donors (Lipinski definition) is 1. The van der Waals surface area contributed by atoms with Crippen LogP contribution >= 0.6 is 11.6 Å². The molecule has 1 atom stereocenters. The number of phenolic OH excluding ortho intramolecular Hbond substituents is 1. The molecule has 2 aliphatic heterocycles. The molecule has 0 radical (unpaired) electrons. The molecule has 0 saturated carbocycles. The van der Waals surface area contributed by atoms with Gasteiger partial charge in [0.1, 0.15) is 45.9 Å². The molecule has 1 fully saturated rings. The van der Waals surface area contributed by atoms with Gasteiger partial charge in [0.05, 0.1) is 23.3 Å². The zero-order chi connectivity index (χ0) is 30.1. The number of phenols is 1. The quantitative estimate of drug-likeness (QED) is 0.356. The Hall–Kier alpha value is -4.45. The number of pyridine rings is 1. The maximum atomic E-state index is 15.2. The predicted molar refractivity (Wildman–Crippen MR) is 156 cm³/mol. The number of ether oxygens (including phenoxy) is 1. The summed E-state index contributed by atoms with van der Waals surface area (Å²) in [7, 11) is 0. The average molecular weight is 594 g/mol. The summed E-state index contributed by atoms with van der Waals surface area (Å²) >= 11 is 6.90. The predicted octanol–water partition coefficient (Wildman–Crippen LogP) is 3.80. The summed E-state index contributed by atoms with van der Waals surface area (Å²) in [6, 6.07) is 3.51. The van der Waals surface area contributed by atoms with Gasteiger partial charge in [-0.1, -0.05) is 24.2 Å². The number of hydrogen-bond acceptors (Lipinski definition) is 8. The lowest BCUT2D eigenvalue weighted by atomic mass is 10.1. The largest absolute Gasteiger partial charge is 0.507 e. The van der Waals surface area contributed by atoms with E-state index in [9.17, 15) is 14.7 Å². The monoisotopic (exact) mass is 593 g/mol. The first kappa shape index (κ1) is 27.7. The third kappa shape index (κ3) is 4.20. The summed E-state index contributed by atoms with van der Waals surface area (Å²) in [5, 5.41) is 15.5. The van der Waals surface area contributed by atoms with Crippen molar-refractivity contribution in [2.45, 2.75) is 39.3 Å². The van der Waals surface area contributed by atoms with Gasteiger partial charge in [-0.15, -0.1) is 0 Å². The van der Waals surface area contributed by atoms with Gasteiger partial charge in [0.15, 0.2) is 11.4 Å². The highest BCUT2D eigenvalue weighted by Gasteiger charge is 2.38. The van der Waals surface area contributed by atoms with Crippen LogP contribution in [0.25, 0.3) is 28.1 Å². The van der Waals surface area contributed by atoms with Gasteiger partial charge in [-0.2, -0.15) is 10.1 Å². The molecule has 2 aliphatic rings. The zero-order valence-electron chi connectivity index (χ0n) is 23.6. The molecule has 1 saturated heterocycles. The summed E-state index contributed by atoms with van der Waals surface area (Å²) in [6.45, 7) is 12.4. The number of amides is 1. The van der Waals surface area contributed by atoms with Crippen LogP contribution in [0.15, 0.2) is 41.8 Å². The summed E-state index contributed by atoms with van der Waals surface area (Å²) in [4.78, 5) is 39.3. The molecule has 218 valence electrons. The number of aromatic nitrogens is 5. The van der Waals surface area contributed by atoms with Crippen LogP contribution in [0, 0.1) is 12.7 Å². The molecule has 1 amide bonds. The summed E-state index contributed by atoms with van der Waals surface area (Å²) in [5.74, 6) is -0.468. The lowest BCUT2D eigenvalue weighted by Crippen LogP contribution is -2.56. The van der Waals surface area contributed by atoms with Crippen molar-refractivity contribution in [1.82, 2.24) is 29.2 Å². The molecule has 13 heteroatoms. The minimum atomic E-state index is -0.750. The first-order valence-corrected chi connectivity index (χ1v) is 13.8. The molecular weight excluding hydrogens is 565 g/mol. The van der Waals surface area contributed by atoms with E-state index in [1.165, 1.54) is 28.8 Å². The number of halogens is 2. The first-order valence-electron chi connectivity index (χ1n) is 13.4. The SMILES string of the molecule is C=CC(=O)N1CCN2c3nc(=O)n(-c4c(C)cnn4C(C)(C)C)c4nc(-c5c(O)cccc5F)c(Cl)c(c34)OC[C@H]2C1. The van der Waals surface area contributed by atoms with E-state index in [1.807, 2.05) is 32.6 Å². The van der Waals surface area contributed by atoms with Gasteiger partial charge in [0.2, 0.25) is 5.91 Å². The number of carbonyl (C=O) groups excluding carboxylic acids is 1. The van der Waals surface area contributed by atoms with Gasteiger partial charge in [-0.3, -0.25) is 4.79 Å². The van der Waals surface area contributed by atoms with Crippen molar-refractivity contribution in [3.63, 3.8) is 0 Å². The number of fused-ring (bicyclic) bond motifs is 2. The second-order valence-electron chi connectivity index (χ2n) is 11.4. The molecule has 42 heavy (non-hydrogen) atoms. The van der Waals surface area contributed by atoms with Crippen molar-refractivity contribution in [3.8, 4) is 28.6 Å². The molecule has 3 aromatic heterocycles. The normalized spacial score (nSPS) is 16.7. The second-order valence-corrected chi connectivity index (χ2v) is 11.7. The first-order chi connectivity index (χ1) is 19.9. The van der Waals surface area contributed by atoms with Gasteiger partial charge < -0.3 is 19.6 Å². The molecule has 6 rings (SSSR count). The highest BCUT2D eigenvalue weighted by atomic mass is 35.5. The zero-order valence-corrected chi connectivity index (χ0v) is 24.3. The maximum absolute atomic E-state index is 15.2. The van der Waals surface area contributed by atoms with Crippen LogP contribution in [-0.2, 0) is 10.3 Å². The number of benzene rings is 1. The van der Waals surface area contributed by atoms with Crippen LogP contribution in [0.2, 0.25) is 5.02 Å². The molecule has 0 bridgehead atoms. The molecule has 1 N–H and O–H groups in total. The average Bonchev–Trinajstić information content (AvgIpc) is 3.25. The molecule has 5 heterocycles. The van der Waals surface area contributed by atoms with Crippen LogP contribution < -0.4 is 15.3 Å². The molecule has 4 aromatic rings. The van der Waals surface area contributed by atoms with E-state index < -0.39 is 17.0 Å². The molecule has 11 nitrogen and oxygen atoms in total. The van der Waals surface area contributed by atoms with Gasteiger partial charge in [-0.05, 0) is 45.9 Å². The van der Waals surface area contributed by atoms with Gasteiger partial charge in [-0.25, -0.2) is 23.4 Å². The summed E-state index contributed by atoms with van der Waals surface area (Å²) in [6.07, 6.45) is 2.90. The number of piperazine rings is 1. The molecular formula is C29H29ClFN7O4. The highest BCUT2D eigenvalue weighted by molar-refractivity contribution is 6.36. The van der Waals surface area contributed by atoms with Gasteiger partial charge in [0, 0.05) is 25.2 Å². The molecule has 0 spiro atoms. The maximum Gasteiger partial charge on any atom is 0.357 e. The fraction of sp³-hybridized carbons (Fsp3) is 0.345. The number of nitrogens with zero attached hydrogens (tertiary/aromatic N) is 7. The van der Waals surface area contributed by atoms with E-state index in [0.29, 0.717) is 42.2 Å². The lowest BCUT2D eigenvalue weighted by Gasteiger charge is -2.40. The van der Waals surface area contributed by atoms with Crippen LogP contribution in [0.1, 0.15) is 26.3 Å². The molecule has 0 aliphatic carbocycles. The Morgan fingerprint density at radius 2 is 2.02 bits per heavy atom. The van der Waals surface area contributed by atoms with Crippen LogP contribution in [0.3, 0.4) is 0 Å². The Bertz CT molecular complexity index is 1820. The number of aryl methyl sites for hydroxylation is 1. The van der Waals surface area contributed by atoms with E-state index in [1.54, 1.807) is 15.8 Å². The topological polar surface area (TPSA) is 119 Å². The Morgan fingerprint density at radius 3 is 2.71 bits per heavy atom. The smallest absolute Gasteiger partial charge is 0.357 e. The van der Waals surface area contributed by atoms with E-state index in [2.05, 4.69) is 16.7 Å². The van der Waals surface area contributed by atoms with Crippen LogP contribution in [-0.4, -0.2) is 72.5 Å². The van der Waals surface area contributed by atoms with E-state index in [-0.39, 0.29) is 52.0 Å². The van der Waals surface area contributed by atoms with E-state index >= 15 is 4.39 Å². The number of anilines is 1. The number of aromatic hydroxyl groups is 1. The fourth-order valence-corrected chi connectivity index (χ4v) is 5.88. The molecule has 1 aromatic carbocycles. The van der Waals surface area contributed by atoms with Gasteiger partial charge >= 0.3 is 5.69 Å². The Morgan fingerprint density at radius 1 is 1.26 bits per heavy atom. The van der Waals surface area contributed by atoms with Crippen LogP contribution in [0.4, 0.5) is 10.2 Å². The van der Waals surface area contributed by atoms with Crippen molar-refractivity contribution in [1.29, 1.82) is 0 Å². The van der Waals surface area contributed by atoms with Gasteiger partial charge in [0.25, 0.3) is 0 Å². The van der Waals surface area contributed by atoms with Crippen molar-refractivity contribution in [2.75, 3.05) is 31.1 Å². The van der Waals surface area contributed by atoms with E-state index in [0.717, 1.165) is 0 Å². The Balaban J connectivity index is 1.71. The Kier molecular flexibility index (Phi) is 6.48. The summed E-state index contributed by atoms with van der Waals surface area (Å²) in [5.41, 5.74) is -0.695. The minimum absolute atomic E-state index is 0.0453. The number of carbonyl (C=O) groups is 1. The summed E-state index contributed by atoms with van der Waals surface area (Å²) < 4.78 is 24.5. The minimum Gasteiger partial charge on any atom is -0.507 e. The third-order valence-electron chi connectivity index (χ3n) is 7.56. The fourth-order valence-electron chi connectivity index (χ4n) is 5.60. The van der Waals surface area contributed by atoms with E-state index in [4.69, 9.17) is 21.3 Å². The lowest BCUT2D eigenvalue weighted by molar-refractivity contribution is -0.126. The van der Waals surface area contributed by atoms with Crippen LogP contribution in [0.5, 0.6) is 11.5 Å². The van der Waals surface area contributed by atoms with Crippen molar-refractivity contribution in [2.24, 2.45) is 0 Å². The third-order valence-corrected chi connectivity index (χ3v) is 7.91.